The van der Waals surface area contributed by atoms with Crippen LogP contribution in [0, 0.1) is 19.8 Å². The van der Waals surface area contributed by atoms with Crippen LogP contribution in [0.2, 0.25) is 0 Å². The lowest BCUT2D eigenvalue weighted by atomic mass is 9.96. The maximum Gasteiger partial charge on any atom is 0.243 e. The minimum Gasteiger partial charge on any atom is -0.349 e. The Bertz CT molecular complexity index is 999. The van der Waals surface area contributed by atoms with E-state index in [0.29, 0.717) is 30.8 Å². The number of carbonyl (C=O) groups is 1. The second-order valence-corrected chi connectivity index (χ2v) is 10.6. The smallest absolute Gasteiger partial charge is 0.243 e. The number of nitrogens with zero attached hydrogens (tertiary/aromatic N) is 1. The second kappa shape index (κ2) is 8.98. The number of nitrogens with one attached hydrogen (secondary N) is 1. The van der Waals surface area contributed by atoms with E-state index in [9.17, 15) is 13.2 Å². The molecule has 5 nitrogen and oxygen atoms in total. The van der Waals surface area contributed by atoms with E-state index < -0.39 is 10.0 Å². The molecular weight excluding hydrogens is 452 g/mol. The SMILES string of the molecule is Cc1ccc(S(=O)(=O)N2CCC(C(=O)N[C@@H](C)c3cccc(Br)c3)CC2)cc1C. The van der Waals surface area contributed by atoms with Crippen LogP contribution >= 0.6 is 15.9 Å². The fourth-order valence-corrected chi connectivity index (χ4v) is 5.54. The summed E-state index contributed by atoms with van der Waals surface area (Å²) >= 11 is 3.45. The highest BCUT2D eigenvalue weighted by Gasteiger charge is 2.32. The molecule has 156 valence electrons. The van der Waals surface area contributed by atoms with Gasteiger partial charge in [-0.2, -0.15) is 4.31 Å². The van der Waals surface area contributed by atoms with Crippen LogP contribution in [-0.4, -0.2) is 31.7 Å². The lowest BCUT2D eigenvalue weighted by molar-refractivity contribution is -0.126. The van der Waals surface area contributed by atoms with E-state index in [4.69, 9.17) is 0 Å². The first kappa shape index (κ1) is 22.0. The minimum atomic E-state index is -3.52. The van der Waals surface area contributed by atoms with E-state index >= 15 is 0 Å². The number of aryl methyl sites for hydroxylation is 2. The van der Waals surface area contributed by atoms with Crippen LogP contribution in [0.4, 0.5) is 0 Å². The molecule has 1 aliphatic heterocycles. The van der Waals surface area contributed by atoms with E-state index in [1.54, 1.807) is 12.1 Å². The Hall–Kier alpha value is -1.70. The third-order valence-corrected chi connectivity index (χ3v) is 8.04. The van der Waals surface area contributed by atoms with E-state index in [0.717, 1.165) is 21.2 Å². The van der Waals surface area contributed by atoms with Crippen molar-refractivity contribution >= 4 is 31.9 Å². The van der Waals surface area contributed by atoms with Crippen molar-refractivity contribution in [2.45, 2.75) is 44.6 Å². The van der Waals surface area contributed by atoms with Crippen molar-refractivity contribution in [1.29, 1.82) is 0 Å². The van der Waals surface area contributed by atoms with Gasteiger partial charge in [0.1, 0.15) is 0 Å². The largest absolute Gasteiger partial charge is 0.349 e. The summed E-state index contributed by atoms with van der Waals surface area (Å²) in [5, 5.41) is 3.06. The molecule has 0 bridgehead atoms. The number of rotatable bonds is 5. The quantitative estimate of drug-likeness (QED) is 0.694. The highest BCUT2D eigenvalue weighted by Crippen LogP contribution is 2.26. The number of hydrogen-bond acceptors (Lipinski definition) is 3. The van der Waals surface area contributed by atoms with Crippen molar-refractivity contribution in [2.75, 3.05) is 13.1 Å². The molecule has 1 aliphatic rings. The number of halogens is 1. The molecule has 7 heteroatoms. The molecule has 0 saturated carbocycles. The number of hydrogen-bond donors (Lipinski definition) is 1. The molecule has 2 aromatic carbocycles. The predicted octanol–water partition coefficient (Wildman–Crippen LogP) is 4.34. The van der Waals surface area contributed by atoms with Crippen molar-refractivity contribution in [1.82, 2.24) is 9.62 Å². The predicted molar refractivity (Wildman–Crippen MR) is 118 cm³/mol. The highest BCUT2D eigenvalue weighted by molar-refractivity contribution is 9.10. The molecular formula is C22H27BrN2O3S. The van der Waals surface area contributed by atoms with Gasteiger partial charge in [-0.05, 0) is 74.6 Å². The fraction of sp³-hybridized carbons (Fsp3) is 0.409. The van der Waals surface area contributed by atoms with Gasteiger partial charge >= 0.3 is 0 Å². The molecule has 1 fully saturated rings. The molecule has 0 unspecified atom stereocenters. The van der Waals surface area contributed by atoms with Gasteiger partial charge in [0, 0.05) is 23.5 Å². The van der Waals surface area contributed by atoms with Gasteiger partial charge in [0.2, 0.25) is 15.9 Å². The molecule has 1 atom stereocenters. The maximum absolute atomic E-state index is 12.9. The minimum absolute atomic E-state index is 0.0132. The zero-order valence-electron chi connectivity index (χ0n) is 17.0. The van der Waals surface area contributed by atoms with Gasteiger partial charge < -0.3 is 5.32 Å². The van der Waals surface area contributed by atoms with Gasteiger partial charge in [-0.25, -0.2) is 8.42 Å². The van der Waals surface area contributed by atoms with Crippen LogP contribution < -0.4 is 5.32 Å². The first-order valence-corrected chi connectivity index (χ1v) is 12.0. The Morgan fingerprint density at radius 3 is 2.41 bits per heavy atom. The Kier molecular flexibility index (Phi) is 6.81. The number of amides is 1. The Balaban J connectivity index is 1.60. The average Bonchev–Trinajstić information content (AvgIpc) is 2.70. The molecule has 0 aromatic heterocycles. The van der Waals surface area contributed by atoms with Crippen molar-refractivity contribution in [2.24, 2.45) is 5.92 Å². The first-order chi connectivity index (χ1) is 13.7. The third-order valence-electron chi connectivity index (χ3n) is 5.65. The summed E-state index contributed by atoms with van der Waals surface area (Å²) in [6.07, 6.45) is 1.06. The Labute approximate surface area is 181 Å². The van der Waals surface area contributed by atoms with Gasteiger partial charge in [0.05, 0.1) is 10.9 Å². The molecule has 29 heavy (non-hydrogen) atoms. The van der Waals surface area contributed by atoms with Crippen LogP contribution in [0.15, 0.2) is 51.8 Å². The molecule has 0 spiro atoms. The fourth-order valence-electron chi connectivity index (χ4n) is 3.57. The number of benzene rings is 2. The van der Waals surface area contributed by atoms with E-state index in [1.807, 2.05) is 51.1 Å². The molecule has 0 aliphatic carbocycles. The summed E-state index contributed by atoms with van der Waals surface area (Å²) < 4.78 is 28.4. The number of piperidine rings is 1. The summed E-state index contributed by atoms with van der Waals surface area (Å²) in [4.78, 5) is 13.0. The average molecular weight is 479 g/mol. The maximum atomic E-state index is 12.9. The number of carbonyl (C=O) groups excluding carboxylic acids is 1. The van der Waals surface area contributed by atoms with Crippen LogP contribution in [0.1, 0.15) is 42.5 Å². The zero-order chi connectivity index (χ0) is 21.2. The molecule has 1 saturated heterocycles. The van der Waals surface area contributed by atoms with Crippen molar-refractivity contribution < 1.29 is 13.2 Å². The van der Waals surface area contributed by atoms with Crippen molar-refractivity contribution in [3.63, 3.8) is 0 Å². The molecule has 1 N–H and O–H groups in total. The van der Waals surface area contributed by atoms with Crippen LogP contribution in [0.3, 0.4) is 0 Å². The van der Waals surface area contributed by atoms with Gasteiger partial charge in [0.15, 0.2) is 0 Å². The van der Waals surface area contributed by atoms with E-state index in [2.05, 4.69) is 21.2 Å². The molecule has 1 amide bonds. The summed E-state index contributed by atoms with van der Waals surface area (Å²) in [6.45, 7) is 6.55. The number of sulfonamides is 1. The first-order valence-electron chi connectivity index (χ1n) is 9.81. The monoisotopic (exact) mass is 478 g/mol. The van der Waals surface area contributed by atoms with Crippen molar-refractivity contribution in [3.8, 4) is 0 Å². The second-order valence-electron chi connectivity index (χ2n) is 7.71. The molecule has 3 rings (SSSR count). The third kappa shape index (κ3) is 5.08. The van der Waals surface area contributed by atoms with Crippen molar-refractivity contribution in [3.05, 3.63) is 63.6 Å². The summed E-state index contributed by atoms with van der Waals surface area (Å²) in [6, 6.07) is 13.0. The molecule has 0 radical (unpaired) electrons. The molecule has 1 heterocycles. The standard InChI is InChI=1S/C22H27BrN2O3S/c1-15-7-8-21(13-16(15)2)29(27,28)25-11-9-18(10-12-25)22(26)24-17(3)19-5-4-6-20(23)14-19/h4-8,13-14,17-18H,9-12H2,1-3H3,(H,24,26)/t17-/m0/s1. The zero-order valence-corrected chi connectivity index (χ0v) is 19.4. The van der Waals surface area contributed by atoms with E-state index in [1.165, 1.54) is 4.31 Å². The lowest BCUT2D eigenvalue weighted by Gasteiger charge is -2.31. The summed E-state index contributed by atoms with van der Waals surface area (Å²) in [5.74, 6) is -0.184. The summed E-state index contributed by atoms with van der Waals surface area (Å²) in [5.41, 5.74) is 3.06. The van der Waals surface area contributed by atoms with Crippen LogP contribution in [-0.2, 0) is 14.8 Å². The van der Waals surface area contributed by atoms with Gasteiger partial charge in [0.25, 0.3) is 0 Å². The Morgan fingerprint density at radius 2 is 1.79 bits per heavy atom. The normalized spacial score (nSPS) is 17.1. The molecule has 2 aromatic rings. The topological polar surface area (TPSA) is 66.5 Å². The van der Waals surface area contributed by atoms with Crippen LogP contribution in [0.5, 0.6) is 0 Å². The summed E-state index contributed by atoms with van der Waals surface area (Å²) in [7, 11) is -3.52. The van der Waals surface area contributed by atoms with Gasteiger partial charge in [-0.15, -0.1) is 0 Å². The lowest BCUT2D eigenvalue weighted by Crippen LogP contribution is -2.43. The Morgan fingerprint density at radius 1 is 1.10 bits per heavy atom. The van der Waals surface area contributed by atoms with E-state index in [-0.39, 0.29) is 17.9 Å². The van der Waals surface area contributed by atoms with Gasteiger partial charge in [-0.1, -0.05) is 34.1 Å². The van der Waals surface area contributed by atoms with Crippen LogP contribution in [0.25, 0.3) is 0 Å². The van der Waals surface area contributed by atoms with Gasteiger partial charge in [-0.3, -0.25) is 4.79 Å². The highest BCUT2D eigenvalue weighted by atomic mass is 79.9.